The summed E-state index contributed by atoms with van der Waals surface area (Å²) in [4.78, 5) is 12.8. The fraction of sp³-hybridized carbons (Fsp3) is 0.562. The molecule has 1 atom stereocenters. The lowest BCUT2D eigenvalue weighted by Gasteiger charge is -2.22. The zero-order chi connectivity index (χ0) is 14.2. The number of hydrogen-bond acceptors (Lipinski definition) is 4. The van der Waals surface area contributed by atoms with Gasteiger partial charge >= 0.3 is 5.97 Å². The highest BCUT2D eigenvalue weighted by molar-refractivity contribution is 7.99. The number of hydrogen-bond donors (Lipinski definition) is 0. The quantitative estimate of drug-likeness (QED) is 0.593. The van der Waals surface area contributed by atoms with Crippen molar-refractivity contribution in [3.05, 3.63) is 29.8 Å². The molecule has 0 N–H and O–H groups in total. The Morgan fingerprint density at radius 3 is 2.85 bits per heavy atom. The van der Waals surface area contributed by atoms with Gasteiger partial charge in [0.1, 0.15) is 6.61 Å². The largest absolute Gasteiger partial charge is 0.463 e. The molecule has 2 rings (SSSR count). The Morgan fingerprint density at radius 2 is 2.15 bits per heavy atom. The van der Waals surface area contributed by atoms with Gasteiger partial charge in [-0.05, 0) is 38.3 Å². The maximum Gasteiger partial charge on any atom is 0.306 e. The molecule has 0 aromatic heterocycles. The number of rotatable bonds is 6. The van der Waals surface area contributed by atoms with Crippen molar-refractivity contribution in [3.8, 4) is 0 Å². The van der Waals surface area contributed by atoms with E-state index in [0.29, 0.717) is 13.0 Å². The SMILES string of the molecule is Cc1ccc(SCCC(=O)OCC2CCCCO2)cc1. The number of esters is 1. The predicted molar refractivity (Wildman–Crippen MR) is 81.1 cm³/mol. The molecule has 20 heavy (non-hydrogen) atoms. The van der Waals surface area contributed by atoms with Gasteiger partial charge < -0.3 is 9.47 Å². The summed E-state index contributed by atoms with van der Waals surface area (Å²) in [5.74, 6) is 0.631. The van der Waals surface area contributed by atoms with Crippen LogP contribution in [0.5, 0.6) is 0 Å². The summed E-state index contributed by atoms with van der Waals surface area (Å²) in [7, 11) is 0. The molecule has 1 unspecified atom stereocenters. The fourth-order valence-corrected chi connectivity index (χ4v) is 2.92. The Morgan fingerprint density at radius 1 is 1.35 bits per heavy atom. The van der Waals surface area contributed by atoms with Crippen LogP contribution in [-0.2, 0) is 14.3 Å². The van der Waals surface area contributed by atoms with Crippen molar-refractivity contribution in [2.75, 3.05) is 19.0 Å². The third-order valence-corrected chi connectivity index (χ3v) is 4.31. The molecule has 0 aliphatic carbocycles. The molecule has 0 spiro atoms. The second-order valence-electron chi connectivity index (χ2n) is 5.08. The average molecular weight is 294 g/mol. The van der Waals surface area contributed by atoms with E-state index in [2.05, 4.69) is 31.2 Å². The summed E-state index contributed by atoms with van der Waals surface area (Å²) in [6, 6.07) is 8.34. The number of aryl methyl sites for hydroxylation is 1. The normalized spacial score (nSPS) is 18.8. The topological polar surface area (TPSA) is 35.5 Å². The van der Waals surface area contributed by atoms with Crippen molar-refractivity contribution in [1.82, 2.24) is 0 Å². The smallest absolute Gasteiger partial charge is 0.306 e. The van der Waals surface area contributed by atoms with Gasteiger partial charge in [0.15, 0.2) is 0 Å². The highest BCUT2D eigenvalue weighted by Crippen LogP contribution is 2.19. The lowest BCUT2D eigenvalue weighted by Crippen LogP contribution is -2.26. The molecule has 1 aliphatic rings. The molecule has 0 amide bonds. The third kappa shape index (κ3) is 5.55. The minimum absolute atomic E-state index is 0.109. The number of benzene rings is 1. The van der Waals surface area contributed by atoms with Gasteiger partial charge in [-0.2, -0.15) is 0 Å². The van der Waals surface area contributed by atoms with E-state index in [4.69, 9.17) is 9.47 Å². The Kier molecular flexibility index (Phi) is 6.40. The van der Waals surface area contributed by atoms with Crippen LogP contribution in [0.1, 0.15) is 31.2 Å². The van der Waals surface area contributed by atoms with Crippen LogP contribution < -0.4 is 0 Å². The average Bonchev–Trinajstić information content (AvgIpc) is 2.48. The van der Waals surface area contributed by atoms with Gasteiger partial charge in [0.25, 0.3) is 0 Å². The van der Waals surface area contributed by atoms with Crippen LogP contribution in [0.25, 0.3) is 0 Å². The third-order valence-electron chi connectivity index (χ3n) is 3.30. The predicted octanol–water partition coefficient (Wildman–Crippen LogP) is 3.59. The summed E-state index contributed by atoms with van der Waals surface area (Å²) in [6.07, 6.45) is 3.86. The molecular weight excluding hydrogens is 272 g/mol. The molecule has 0 bridgehead atoms. The molecule has 1 saturated heterocycles. The van der Waals surface area contributed by atoms with Crippen molar-refractivity contribution < 1.29 is 14.3 Å². The summed E-state index contributed by atoms with van der Waals surface area (Å²) in [6.45, 7) is 3.28. The Balaban J connectivity index is 1.58. The molecule has 1 heterocycles. The molecule has 110 valence electrons. The first-order chi connectivity index (χ1) is 9.74. The van der Waals surface area contributed by atoms with Crippen LogP contribution in [0.3, 0.4) is 0 Å². The molecule has 3 nitrogen and oxygen atoms in total. The zero-order valence-corrected chi connectivity index (χ0v) is 12.8. The van der Waals surface area contributed by atoms with Crippen molar-refractivity contribution >= 4 is 17.7 Å². The van der Waals surface area contributed by atoms with Gasteiger partial charge in [-0.3, -0.25) is 4.79 Å². The van der Waals surface area contributed by atoms with Crippen LogP contribution in [-0.4, -0.2) is 31.0 Å². The first-order valence-electron chi connectivity index (χ1n) is 7.21. The van der Waals surface area contributed by atoms with Gasteiger partial charge in [0.2, 0.25) is 0 Å². The summed E-state index contributed by atoms with van der Waals surface area (Å²) in [5.41, 5.74) is 1.25. The van der Waals surface area contributed by atoms with Gasteiger partial charge in [-0.1, -0.05) is 17.7 Å². The number of carbonyl (C=O) groups excluding carboxylic acids is 1. The van der Waals surface area contributed by atoms with Gasteiger partial charge in [-0.15, -0.1) is 11.8 Å². The van der Waals surface area contributed by atoms with Gasteiger partial charge in [0.05, 0.1) is 12.5 Å². The second-order valence-corrected chi connectivity index (χ2v) is 6.25. The Hall–Kier alpha value is -1.00. The van der Waals surface area contributed by atoms with E-state index in [9.17, 15) is 4.79 Å². The van der Waals surface area contributed by atoms with Crippen molar-refractivity contribution in [3.63, 3.8) is 0 Å². The van der Waals surface area contributed by atoms with Crippen LogP contribution in [0.15, 0.2) is 29.2 Å². The van der Waals surface area contributed by atoms with Crippen LogP contribution >= 0.6 is 11.8 Å². The summed E-state index contributed by atoms with van der Waals surface area (Å²) in [5, 5.41) is 0. The minimum atomic E-state index is -0.126. The lowest BCUT2D eigenvalue weighted by molar-refractivity contribution is -0.148. The molecule has 1 aliphatic heterocycles. The molecule has 1 aromatic carbocycles. The fourth-order valence-electron chi connectivity index (χ4n) is 2.08. The first kappa shape index (κ1) is 15.4. The summed E-state index contributed by atoms with van der Waals surface area (Å²) < 4.78 is 10.8. The standard InChI is InChI=1S/C16H22O3S/c1-13-5-7-15(8-6-13)20-11-9-16(17)19-12-14-4-2-3-10-18-14/h5-8,14H,2-4,9-12H2,1H3. The molecule has 0 radical (unpaired) electrons. The van der Waals surface area contributed by atoms with Crippen LogP contribution in [0, 0.1) is 6.92 Å². The van der Waals surface area contributed by atoms with E-state index in [1.165, 1.54) is 16.9 Å². The van der Waals surface area contributed by atoms with E-state index in [1.54, 1.807) is 11.8 Å². The minimum Gasteiger partial charge on any atom is -0.463 e. The number of thioether (sulfide) groups is 1. The molecule has 4 heteroatoms. The van der Waals surface area contributed by atoms with Crippen LogP contribution in [0.2, 0.25) is 0 Å². The summed E-state index contributed by atoms with van der Waals surface area (Å²) >= 11 is 1.69. The maximum atomic E-state index is 11.6. The van der Waals surface area contributed by atoms with Gasteiger partial charge in [0, 0.05) is 17.3 Å². The molecule has 1 aromatic rings. The lowest BCUT2D eigenvalue weighted by atomic mass is 10.1. The van der Waals surface area contributed by atoms with Crippen LogP contribution in [0.4, 0.5) is 0 Å². The van der Waals surface area contributed by atoms with Gasteiger partial charge in [-0.25, -0.2) is 0 Å². The highest BCUT2D eigenvalue weighted by Gasteiger charge is 2.15. The Bertz CT molecular complexity index is 410. The van der Waals surface area contributed by atoms with E-state index in [0.717, 1.165) is 25.2 Å². The van der Waals surface area contributed by atoms with Crippen molar-refractivity contribution in [2.45, 2.75) is 43.6 Å². The van der Waals surface area contributed by atoms with E-state index < -0.39 is 0 Å². The first-order valence-corrected chi connectivity index (χ1v) is 8.19. The molecule has 0 saturated carbocycles. The van der Waals surface area contributed by atoms with E-state index in [1.807, 2.05) is 0 Å². The monoisotopic (exact) mass is 294 g/mol. The van der Waals surface area contributed by atoms with E-state index >= 15 is 0 Å². The van der Waals surface area contributed by atoms with Crippen molar-refractivity contribution in [2.24, 2.45) is 0 Å². The Labute approximate surface area is 125 Å². The maximum absolute atomic E-state index is 11.6. The second kappa shape index (κ2) is 8.32. The molecular formula is C16H22O3S. The highest BCUT2D eigenvalue weighted by atomic mass is 32.2. The number of carbonyl (C=O) groups is 1. The van der Waals surface area contributed by atoms with E-state index in [-0.39, 0.29) is 12.1 Å². The number of ether oxygens (including phenoxy) is 2. The zero-order valence-electron chi connectivity index (χ0n) is 12.0. The molecule has 1 fully saturated rings. The van der Waals surface area contributed by atoms with Crippen molar-refractivity contribution in [1.29, 1.82) is 0 Å².